The Morgan fingerprint density at radius 3 is 2.18 bits per heavy atom. The summed E-state index contributed by atoms with van der Waals surface area (Å²) in [6.45, 7) is 1.39. The van der Waals surface area contributed by atoms with Crippen molar-refractivity contribution in [2.24, 2.45) is 0 Å². The van der Waals surface area contributed by atoms with Gasteiger partial charge in [-0.3, -0.25) is 0 Å². The number of rotatable bonds is 8. The van der Waals surface area contributed by atoms with Crippen LogP contribution in [-0.2, 0) is 9.47 Å². The van der Waals surface area contributed by atoms with Gasteiger partial charge in [-0.25, -0.2) is 0 Å². The Morgan fingerprint density at radius 1 is 0.818 bits per heavy atom. The van der Waals surface area contributed by atoms with Crippen LogP contribution in [0.25, 0.3) is 0 Å². The monoisotopic (exact) mass is 164 g/mol. The quantitative estimate of drug-likeness (QED) is 0.383. The van der Waals surface area contributed by atoms with Gasteiger partial charge in [-0.2, -0.15) is 0 Å². The lowest BCUT2D eigenvalue weighted by Crippen LogP contribution is -2.05. The first-order chi connectivity index (χ1) is 5.41. The molecule has 0 aromatic carbocycles. The topological polar surface area (TPSA) is 58.9 Å². The molecule has 0 aliphatic heterocycles. The SMILES string of the molecule is OCCCCOCOCCO. The van der Waals surface area contributed by atoms with E-state index in [9.17, 15) is 0 Å². The second-order valence-electron chi connectivity index (χ2n) is 2.09. The first-order valence-corrected chi connectivity index (χ1v) is 3.79. The molecule has 0 saturated heterocycles. The highest BCUT2D eigenvalue weighted by Crippen LogP contribution is 1.88. The van der Waals surface area contributed by atoms with Gasteiger partial charge in [-0.05, 0) is 12.8 Å². The van der Waals surface area contributed by atoms with Gasteiger partial charge in [0.15, 0.2) is 0 Å². The molecule has 11 heavy (non-hydrogen) atoms. The highest BCUT2D eigenvalue weighted by Gasteiger charge is 1.88. The molecule has 0 aromatic rings. The van der Waals surface area contributed by atoms with Crippen molar-refractivity contribution in [1.29, 1.82) is 0 Å². The number of aliphatic hydroxyl groups excluding tert-OH is 2. The fraction of sp³-hybridized carbons (Fsp3) is 1.00. The van der Waals surface area contributed by atoms with E-state index in [1.165, 1.54) is 0 Å². The van der Waals surface area contributed by atoms with Crippen molar-refractivity contribution in [2.75, 3.05) is 33.2 Å². The third-order valence-corrected chi connectivity index (χ3v) is 1.10. The van der Waals surface area contributed by atoms with E-state index in [-0.39, 0.29) is 20.0 Å². The summed E-state index contributed by atoms with van der Waals surface area (Å²) in [5.74, 6) is 0. The van der Waals surface area contributed by atoms with Gasteiger partial charge in [0.05, 0.1) is 13.2 Å². The van der Waals surface area contributed by atoms with Crippen LogP contribution in [0.5, 0.6) is 0 Å². The fourth-order valence-corrected chi connectivity index (χ4v) is 0.557. The van der Waals surface area contributed by atoms with E-state index in [1.807, 2.05) is 0 Å². The Labute approximate surface area is 66.7 Å². The molecule has 0 heterocycles. The van der Waals surface area contributed by atoms with E-state index >= 15 is 0 Å². The van der Waals surface area contributed by atoms with E-state index in [1.54, 1.807) is 0 Å². The van der Waals surface area contributed by atoms with Crippen LogP contribution in [0.2, 0.25) is 0 Å². The summed E-state index contributed by atoms with van der Waals surface area (Å²) < 4.78 is 9.82. The summed E-state index contributed by atoms with van der Waals surface area (Å²) in [4.78, 5) is 0. The molecule has 0 saturated carbocycles. The Bertz CT molecular complexity index is 59.5. The van der Waals surface area contributed by atoms with Crippen molar-refractivity contribution in [3.05, 3.63) is 0 Å². The van der Waals surface area contributed by atoms with Crippen LogP contribution < -0.4 is 0 Å². The Morgan fingerprint density at radius 2 is 1.55 bits per heavy atom. The first-order valence-electron chi connectivity index (χ1n) is 3.79. The molecule has 68 valence electrons. The molecule has 0 aromatic heterocycles. The maximum absolute atomic E-state index is 8.39. The molecule has 4 nitrogen and oxygen atoms in total. The molecule has 0 spiro atoms. The van der Waals surface area contributed by atoms with Gasteiger partial charge in [0, 0.05) is 13.2 Å². The molecular weight excluding hydrogens is 148 g/mol. The minimum absolute atomic E-state index is 0.0278. The second-order valence-corrected chi connectivity index (χ2v) is 2.09. The van der Waals surface area contributed by atoms with Crippen molar-refractivity contribution in [3.63, 3.8) is 0 Å². The smallest absolute Gasteiger partial charge is 0.146 e. The minimum Gasteiger partial charge on any atom is -0.396 e. The predicted molar refractivity (Wildman–Crippen MR) is 40.2 cm³/mol. The lowest BCUT2D eigenvalue weighted by molar-refractivity contribution is -0.0634. The molecule has 0 atom stereocenters. The maximum atomic E-state index is 8.39. The number of aliphatic hydroxyl groups is 2. The molecule has 0 aliphatic rings. The average Bonchev–Trinajstić information content (AvgIpc) is 2.03. The zero-order chi connectivity index (χ0) is 8.36. The number of hydrogen-bond donors (Lipinski definition) is 2. The van der Waals surface area contributed by atoms with Crippen LogP contribution in [-0.4, -0.2) is 43.4 Å². The summed E-state index contributed by atoms with van der Waals surface area (Å²) in [6, 6.07) is 0. The van der Waals surface area contributed by atoms with Crippen LogP contribution in [0.4, 0.5) is 0 Å². The molecule has 0 aliphatic carbocycles. The second kappa shape index (κ2) is 9.84. The lowest BCUT2D eigenvalue weighted by atomic mass is 10.3. The van der Waals surface area contributed by atoms with Crippen molar-refractivity contribution < 1.29 is 19.7 Å². The summed E-state index contributed by atoms with van der Waals surface area (Å²) in [5, 5.41) is 16.7. The Hall–Kier alpha value is -0.160. The van der Waals surface area contributed by atoms with E-state index in [0.717, 1.165) is 12.8 Å². The molecule has 0 rings (SSSR count). The van der Waals surface area contributed by atoms with E-state index < -0.39 is 0 Å². The van der Waals surface area contributed by atoms with Gasteiger partial charge < -0.3 is 19.7 Å². The van der Waals surface area contributed by atoms with Crippen LogP contribution in [0.15, 0.2) is 0 Å². The summed E-state index contributed by atoms with van der Waals surface area (Å²) in [7, 11) is 0. The van der Waals surface area contributed by atoms with Crippen molar-refractivity contribution in [2.45, 2.75) is 12.8 Å². The number of unbranched alkanes of at least 4 members (excludes halogenated alkanes) is 1. The van der Waals surface area contributed by atoms with E-state index in [0.29, 0.717) is 13.2 Å². The molecule has 2 N–H and O–H groups in total. The van der Waals surface area contributed by atoms with Gasteiger partial charge in [0.25, 0.3) is 0 Å². The largest absolute Gasteiger partial charge is 0.396 e. The maximum Gasteiger partial charge on any atom is 0.146 e. The highest BCUT2D eigenvalue weighted by molar-refractivity contribution is 4.33. The van der Waals surface area contributed by atoms with Gasteiger partial charge in [0.1, 0.15) is 6.79 Å². The van der Waals surface area contributed by atoms with Gasteiger partial charge >= 0.3 is 0 Å². The van der Waals surface area contributed by atoms with Crippen molar-refractivity contribution >= 4 is 0 Å². The van der Waals surface area contributed by atoms with Crippen LogP contribution in [0.1, 0.15) is 12.8 Å². The Balaban J connectivity index is 2.69. The molecule has 0 fully saturated rings. The lowest BCUT2D eigenvalue weighted by Gasteiger charge is -2.02. The summed E-state index contributed by atoms with van der Waals surface area (Å²) in [5.41, 5.74) is 0. The third-order valence-electron chi connectivity index (χ3n) is 1.10. The van der Waals surface area contributed by atoms with Crippen LogP contribution >= 0.6 is 0 Å². The first kappa shape index (κ1) is 10.8. The molecule has 0 radical (unpaired) electrons. The van der Waals surface area contributed by atoms with Crippen molar-refractivity contribution in [3.8, 4) is 0 Å². The standard InChI is InChI=1S/C7H16O4/c8-3-1-2-5-10-7-11-6-4-9/h8-9H,1-7H2. The summed E-state index contributed by atoms with van der Waals surface area (Å²) in [6.07, 6.45) is 1.61. The molecule has 0 bridgehead atoms. The molecular formula is C7H16O4. The van der Waals surface area contributed by atoms with Gasteiger partial charge in [-0.1, -0.05) is 0 Å². The van der Waals surface area contributed by atoms with Gasteiger partial charge in [0.2, 0.25) is 0 Å². The Kier molecular flexibility index (Phi) is 9.70. The molecule has 4 heteroatoms. The third kappa shape index (κ3) is 9.84. The zero-order valence-corrected chi connectivity index (χ0v) is 6.66. The average molecular weight is 164 g/mol. The highest BCUT2D eigenvalue weighted by atomic mass is 16.7. The zero-order valence-electron chi connectivity index (χ0n) is 6.66. The molecule has 0 unspecified atom stereocenters. The number of hydrogen-bond acceptors (Lipinski definition) is 4. The predicted octanol–water partition coefficient (Wildman–Crippen LogP) is -0.258. The normalized spacial score (nSPS) is 10.4. The summed E-state index contributed by atoms with van der Waals surface area (Å²) >= 11 is 0. The van der Waals surface area contributed by atoms with Gasteiger partial charge in [-0.15, -0.1) is 0 Å². The van der Waals surface area contributed by atoms with Crippen molar-refractivity contribution in [1.82, 2.24) is 0 Å². The number of ether oxygens (including phenoxy) is 2. The van der Waals surface area contributed by atoms with E-state index in [2.05, 4.69) is 0 Å². The molecule has 0 amide bonds. The van der Waals surface area contributed by atoms with Crippen LogP contribution in [0, 0.1) is 0 Å². The van der Waals surface area contributed by atoms with Crippen LogP contribution in [0.3, 0.4) is 0 Å². The fourth-order valence-electron chi connectivity index (χ4n) is 0.557. The van der Waals surface area contributed by atoms with E-state index in [4.69, 9.17) is 19.7 Å². The minimum atomic E-state index is 0.0278.